The van der Waals surface area contributed by atoms with Crippen LogP contribution < -0.4 is 5.32 Å². The van der Waals surface area contributed by atoms with Crippen molar-refractivity contribution in [1.82, 2.24) is 0 Å². The Kier molecular flexibility index (Phi) is 5.66. The summed E-state index contributed by atoms with van der Waals surface area (Å²) < 4.78 is 4.90. The number of esters is 1. The lowest BCUT2D eigenvalue weighted by Crippen LogP contribution is -2.21. The highest BCUT2D eigenvalue weighted by atomic mass is 35.5. The van der Waals surface area contributed by atoms with E-state index in [-0.39, 0.29) is 10.6 Å². The second kappa shape index (κ2) is 7.49. The Hall–Kier alpha value is -1.75. The van der Waals surface area contributed by atoms with Crippen LogP contribution in [-0.4, -0.2) is 18.5 Å². The number of carbonyl (C=O) groups is 2. The Bertz CT molecular complexity index is 719. The summed E-state index contributed by atoms with van der Waals surface area (Å²) in [5, 5.41) is 3.59. The summed E-state index contributed by atoms with van der Waals surface area (Å²) in [7, 11) is 0. The summed E-state index contributed by atoms with van der Waals surface area (Å²) in [6, 6.07) is 11.0. The second-order valence-corrected chi connectivity index (χ2v) is 5.54. The lowest BCUT2D eigenvalue weighted by molar-refractivity contribution is -0.119. The first-order chi connectivity index (χ1) is 10.5. The Balaban J connectivity index is 1.93. The molecule has 0 radical (unpaired) electrons. The van der Waals surface area contributed by atoms with Gasteiger partial charge >= 0.3 is 5.97 Å². The van der Waals surface area contributed by atoms with Gasteiger partial charge in [-0.1, -0.05) is 40.9 Å². The fraction of sp³-hybridized carbons (Fsp3) is 0.0667. The molecule has 2 rings (SSSR count). The Morgan fingerprint density at radius 2 is 1.73 bits per heavy atom. The van der Waals surface area contributed by atoms with Crippen molar-refractivity contribution in [2.45, 2.75) is 0 Å². The van der Waals surface area contributed by atoms with E-state index in [2.05, 4.69) is 5.32 Å². The maximum absolute atomic E-state index is 11.9. The van der Waals surface area contributed by atoms with E-state index in [1.54, 1.807) is 30.3 Å². The topological polar surface area (TPSA) is 55.4 Å². The third-order valence-corrected chi connectivity index (χ3v) is 3.39. The Labute approximate surface area is 141 Å². The van der Waals surface area contributed by atoms with Crippen LogP contribution in [-0.2, 0) is 9.53 Å². The van der Waals surface area contributed by atoms with Gasteiger partial charge in [-0.05, 0) is 36.4 Å². The van der Waals surface area contributed by atoms with Gasteiger partial charge in [-0.3, -0.25) is 4.79 Å². The van der Waals surface area contributed by atoms with Crippen LogP contribution in [0, 0.1) is 0 Å². The highest BCUT2D eigenvalue weighted by Crippen LogP contribution is 2.21. The van der Waals surface area contributed by atoms with Crippen molar-refractivity contribution in [1.29, 1.82) is 0 Å². The minimum atomic E-state index is -0.728. The Morgan fingerprint density at radius 1 is 1.00 bits per heavy atom. The van der Waals surface area contributed by atoms with Gasteiger partial charge < -0.3 is 10.1 Å². The first-order valence-corrected chi connectivity index (χ1v) is 7.26. The number of ether oxygens (including phenoxy) is 1. The third kappa shape index (κ3) is 4.63. The van der Waals surface area contributed by atoms with E-state index in [9.17, 15) is 9.59 Å². The molecule has 0 aliphatic carbocycles. The number of hydrogen-bond acceptors (Lipinski definition) is 3. The predicted octanol–water partition coefficient (Wildman–Crippen LogP) is 4.44. The van der Waals surface area contributed by atoms with Crippen LogP contribution in [0.5, 0.6) is 0 Å². The molecule has 22 heavy (non-hydrogen) atoms. The maximum atomic E-state index is 11.9. The number of nitrogens with one attached hydrogen (secondary N) is 1. The number of carbonyl (C=O) groups excluding carboxylic acids is 2. The van der Waals surface area contributed by atoms with Crippen molar-refractivity contribution in [3.63, 3.8) is 0 Å². The van der Waals surface area contributed by atoms with E-state index in [1.165, 1.54) is 12.1 Å². The zero-order chi connectivity index (χ0) is 16.1. The summed E-state index contributed by atoms with van der Waals surface area (Å²) in [5.74, 6) is -1.22. The maximum Gasteiger partial charge on any atom is 0.340 e. The summed E-state index contributed by atoms with van der Waals surface area (Å²) in [6.45, 7) is -0.450. The van der Waals surface area contributed by atoms with Gasteiger partial charge in [-0.2, -0.15) is 0 Å². The van der Waals surface area contributed by atoms with Crippen molar-refractivity contribution in [3.8, 4) is 0 Å². The Morgan fingerprint density at radius 3 is 2.45 bits per heavy atom. The number of rotatable bonds is 4. The van der Waals surface area contributed by atoms with Gasteiger partial charge in [0.25, 0.3) is 5.91 Å². The summed E-state index contributed by atoms with van der Waals surface area (Å²) in [5.41, 5.74) is 0.610. The van der Waals surface area contributed by atoms with Crippen molar-refractivity contribution < 1.29 is 14.3 Å². The lowest BCUT2D eigenvalue weighted by Gasteiger charge is -2.08. The largest absolute Gasteiger partial charge is 0.452 e. The van der Waals surface area contributed by atoms with Crippen molar-refractivity contribution in [2.24, 2.45) is 0 Å². The predicted molar refractivity (Wildman–Crippen MR) is 86.8 cm³/mol. The fourth-order valence-corrected chi connectivity index (χ4v) is 2.18. The van der Waals surface area contributed by atoms with Crippen LogP contribution in [0.2, 0.25) is 15.1 Å². The average Bonchev–Trinajstić information content (AvgIpc) is 2.47. The van der Waals surface area contributed by atoms with Crippen LogP contribution in [0.25, 0.3) is 0 Å². The van der Waals surface area contributed by atoms with E-state index >= 15 is 0 Å². The van der Waals surface area contributed by atoms with E-state index in [4.69, 9.17) is 39.5 Å². The van der Waals surface area contributed by atoms with Crippen molar-refractivity contribution in [3.05, 3.63) is 63.1 Å². The zero-order valence-electron chi connectivity index (χ0n) is 11.1. The molecule has 0 aliphatic rings. The molecule has 0 aromatic heterocycles. The molecule has 0 atom stereocenters. The smallest absolute Gasteiger partial charge is 0.340 e. The molecule has 7 heteroatoms. The van der Waals surface area contributed by atoms with Crippen molar-refractivity contribution >= 4 is 52.4 Å². The number of hydrogen-bond donors (Lipinski definition) is 1. The standard InChI is InChI=1S/C15H10Cl3NO3/c16-9-2-1-3-11(6-9)19-14(20)8-22-15(21)12-7-10(17)4-5-13(12)18/h1-7H,8H2,(H,19,20). The SMILES string of the molecule is O=C(COC(=O)c1cc(Cl)ccc1Cl)Nc1cccc(Cl)c1. The number of anilines is 1. The molecule has 0 heterocycles. The molecule has 0 unspecified atom stereocenters. The molecule has 0 fully saturated rings. The lowest BCUT2D eigenvalue weighted by atomic mass is 10.2. The van der Waals surface area contributed by atoms with E-state index in [0.717, 1.165) is 0 Å². The van der Waals surface area contributed by atoms with Crippen LogP contribution in [0.15, 0.2) is 42.5 Å². The molecule has 0 aliphatic heterocycles. The van der Waals surface area contributed by atoms with E-state index in [1.807, 2.05) is 0 Å². The molecule has 0 saturated carbocycles. The quantitative estimate of drug-likeness (QED) is 0.822. The molecular weight excluding hydrogens is 349 g/mol. The number of amides is 1. The molecule has 2 aromatic carbocycles. The number of benzene rings is 2. The normalized spacial score (nSPS) is 10.1. The van der Waals surface area contributed by atoms with E-state index < -0.39 is 18.5 Å². The van der Waals surface area contributed by atoms with Gasteiger partial charge in [0, 0.05) is 15.7 Å². The van der Waals surface area contributed by atoms with Gasteiger partial charge in [0.2, 0.25) is 0 Å². The van der Waals surface area contributed by atoms with Crippen LogP contribution in [0.1, 0.15) is 10.4 Å². The molecule has 4 nitrogen and oxygen atoms in total. The summed E-state index contributed by atoms with van der Waals surface area (Å²) in [4.78, 5) is 23.6. The minimum absolute atomic E-state index is 0.102. The molecule has 114 valence electrons. The minimum Gasteiger partial charge on any atom is -0.452 e. The monoisotopic (exact) mass is 357 g/mol. The summed E-state index contributed by atoms with van der Waals surface area (Å²) in [6.07, 6.45) is 0. The molecule has 1 amide bonds. The van der Waals surface area contributed by atoms with Gasteiger partial charge in [0.1, 0.15) is 0 Å². The second-order valence-electron chi connectivity index (χ2n) is 4.26. The fourth-order valence-electron chi connectivity index (χ4n) is 1.63. The van der Waals surface area contributed by atoms with Crippen LogP contribution in [0.4, 0.5) is 5.69 Å². The molecule has 0 saturated heterocycles. The van der Waals surface area contributed by atoms with Crippen molar-refractivity contribution in [2.75, 3.05) is 11.9 Å². The number of halogens is 3. The average molecular weight is 359 g/mol. The molecule has 0 bridgehead atoms. The third-order valence-electron chi connectivity index (χ3n) is 2.59. The highest BCUT2D eigenvalue weighted by Gasteiger charge is 2.14. The highest BCUT2D eigenvalue weighted by molar-refractivity contribution is 6.35. The van der Waals surface area contributed by atoms with Crippen LogP contribution in [0.3, 0.4) is 0 Å². The molecular formula is C15H10Cl3NO3. The van der Waals surface area contributed by atoms with E-state index in [0.29, 0.717) is 15.7 Å². The molecule has 0 spiro atoms. The van der Waals surface area contributed by atoms with Gasteiger partial charge in [0.15, 0.2) is 6.61 Å². The first kappa shape index (κ1) is 16.6. The molecule has 1 N–H and O–H groups in total. The van der Waals surface area contributed by atoms with Gasteiger partial charge in [-0.25, -0.2) is 4.79 Å². The zero-order valence-corrected chi connectivity index (χ0v) is 13.4. The first-order valence-electron chi connectivity index (χ1n) is 6.13. The summed E-state index contributed by atoms with van der Waals surface area (Å²) >= 11 is 17.5. The molecule has 2 aromatic rings. The van der Waals surface area contributed by atoms with Gasteiger partial charge in [0.05, 0.1) is 10.6 Å². The van der Waals surface area contributed by atoms with Gasteiger partial charge in [-0.15, -0.1) is 0 Å². The van der Waals surface area contributed by atoms with Crippen LogP contribution >= 0.6 is 34.8 Å².